The zero-order valence-electron chi connectivity index (χ0n) is 8.77. The van der Waals surface area contributed by atoms with Gasteiger partial charge in [0.2, 0.25) is 5.88 Å². The molecule has 1 aromatic heterocycles. The fraction of sp³-hybridized carbons (Fsp3) is 0.0833. The molecule has 0 amide bonds. The summed E-state index contributed by atoms with van der Waals surface area (Å²) in [5.74, 6) is 1.23. The van der Waals surface area contributed by atoms with Gasteiger partial charge in [-0.2, -0.15) is 0 Å². The van der Waals surface area contributed by atoms with E-state index in [1.165, 1.54) is 0 Å². The number of hydrogen-bond donors (Lipinski definition) is 1. The van der Waals surface area contributed by atoms with Gasteiger partial charge in [-0.25, -0.2) is 4.98 Å². The Kier molecular flexibility index (Phi) is 3.10. The number of benzene rings is 1. The average molecular weight is 279 g/mol. The summed E-state index contributed by atoms with van der Waals surface area (Å²) >= 11 is 3.40. The molecule has 0 aliphatic rings. The lowest BCUT2D eigenvalue weighted by atomic mass is 10.3. The number of nitrogens with two attached hydrogens (primary N) is 1. The first-order chi connectivity index (χ1) is 7.65. The van der Waals surface area contributed by atoms with E-state index >= 15 is 0 Å². The molecule has 0 bridgehead atoms. The van der Waals surface area contributed by atoms with Crippen LogP contribution >= 0.6 is 15.9 Å². The number of aryl methyl sites for hydroxylation is 1. The minimum absolute atomic E-state index is 0.561. The highest BCUT2D eigenvalue weighted by molar-refractivity contribution is 9.10. The zero-order valence-corrected chi connectivity index (χ0v) is 10.4. The molecule has 0 unspecified atom stereocenters. The van der Waals surface area contributed by atoms with Gasteiger partial charge in [0.05, 0.1) is 4.47 Å². The lowest BCUT2D eigenvalue weighted by Crippen LogP contribution is -1.92. The third-order valence-electron chi connectivity index (χ3n) is 2.03. The summed E-state index contributed by atoms with van der Waals surface area (Å²) in [6.07, 6.45) is 0. The van der Waals surface area contributed by atoms with Gasteiger partial charge in [-0.15, -0.1) is 0 Å². The van der Waals surface area contributed by atoms with Crippen molar-refractivity contribution in [1.82, 2.24) is 4.98 Å². The van der Waals surface area contributed by atoms with Crippen LogP contribution in [0.25, 0.3) is 0 Å². The van der Waals surface area contributed by atoms with Crippen LogP contribution in [0.5, 0.6) is 11.6 Å². The molecule has 2 aromatic rings. The van der Waals surface area contributed by atoms with Crippen LogP contribution in [0.3, 0.4) is 0 Å². The minimum Gasteiger partial charge on any atom is -0.438 e. The quantitative estimate of drug-likeness (QED) is 0.855. The molecule has 0 radical (unpaired) electrons. The fourth-order valence-electron chi connectivity index (χ4n) is 1.29. The van der Waals surface area contributed by atoms with Crippen LogP contribution < -0.4 is 10.5 Å². The third kappa shape index (κ3) is 2.52. The van der Waals surface area contributed by atoms with Gasteiger partial charge in [0.15, 0.2) is 0 Å². The summed E-state index contributed by atoms with van der Waals surface area (Å²) in [5, 5.41) is 0. The number of rotatable bonds is 2. The number of halogens is 1. The van der Waals surface area contributed by atoms with Crippen LogP contribution in [0.15, 0.2) is 40.9 Å². The Labute approximate surface area is 102 Å². The average Bonchev–Trinajstić information content (AvgIpc) is 2.24. The third-order valence-corrected chi connectivity index (χ3v) is 2.69. The number of aromatic nitrogens is 1. The molecule has 4 heteroatoms. The number of hydrogen-bond acceptors (Lipinski definition) is 3. The highest BCUT2D eigenvalue weighted by Crippen LogP contribution is 2.30. The molecule has 16 heavy (non-hydrogen) atoms. The van der Waals surface area contributed by atoms with Crippen LogP contribution in [0.1, 0.15) is 5.69 Å². The van der Waals surface area contributed by atoms with Gasteiger partial charge in [0.1, 0.15) is 5.75 Å². The molecule has 82 valence electrons. The van der Waals surface area contributed by atoms with Gasteiger partial charge >= 0.3 is 0 Å². The number of anilines is 1. The highest BCUT2D eigenvalue weighted by atomic mass is 79.9. The maximum Gasteiger partial charge on any atom is 0.219 e. The van der Waals surface area contributed by atoms with E-state index in [-0.39, 0.29) is 0 Å². The molecule has 0 atom stereocenters. The summed E-state index contributed by atoms with van der Waals surface area (Å²) in [7, 11) is 0. The highest BCUT2D eigenvalue weighted by Gasteiger charge is 2.04. The van der Waals surface area contributed by atoms with E-state index in [1.54, 1.807) is 12.1 Å². The molecule has 2 N–H and O–H groups in total. The fourth-order valence-corrected chi connectivity index (χ4v) is 1.61. The lowest BCUT2D eigenvalue weighted by Gasteiger charge is -2.07. The molecule has 0 saturated carbocycles. The Morgan fingerprint density at radius 3 is 2.81 bits per heavy atom. The van der Waals surface area contributed by atoms with Gasteiger partial charge in [0, 0.05) is 23.5 Å². The van der Waals surface area contributed by atoms with E-state index < -0.39 is 0 Å². The summed E-state index contributed by atoms with van der Waals surface area (Å²) in [6.45, 7) is 1.92. The van der Waals surface area contributed by atoms with E-state index in [0.717, 1.165) is 10.2 Å². The minimum atomic E-state index is 0.561. The van der Waals surface area contributed by atoms with Gasteiger partial charge in [-0.1, -0.05) is 6.07 Å². The molecule has 2 rings (SSSR count). The predicted molar refractivity (Wildman–Crippen MR) is 67.6 cm³/mol. The lowest BCUT2D eigenvalue weighted by molar-refractivity contribution is 0.459. The smallest absolute Gasteiger partial charge is 0.219 e. The number of pyridine rings is 1. The molecule has 0 aliphatic heterocycles. The van der Waals surface area contributed by atoms with Gasteiger partial charge in [-0.05, 0) is 41.1 Å². The van der Waals surface area contributed by atoms with Crippen molar-refractivity contribution >= 4 is 21.6 Å². The van der Waals surface area contributed by atoms with Crippen LogP contribution in [0.4, 0.5) is 5.69 Å². The summed E-state index contributed by atoms with van der Waals surface area (Å²) in [6, 6.07) is 11.0. The Morgan fingerprint density at radius 2 is 2.06 bits per heavy atom. The number of nitrogen functional groups attached to an aromatic ring is 1. The predicted octanol–water partition coefficient (Wildman–Crippen LogP) is 3.53. The van der Waals surface area contributed by atoms with Crippen LogP contribution in [0.2, 0.25) is 0 Å². The van der Waals surface area contributed by atoms with Crippen molar-refractivity contribution in [3.05, 3.63) is 46.6 Å². The maximum absolute atomic E-state index is 5.69. The van der Waals surface area contributed by atoms with Crippen molar-refractivity contribution in [2.24, 2.45) is 0 Å². The van der Waals surface area contributed by atoms with Crippen molar-refractivity contribution in [2.45, 2.75) is 6.92 Å². The van der Waals surface area contributed by atoms with E-state index in [1.807, 2.05) is 31.2 Å². The Hall–Kier alpha value is -1.55. The topological polar surface area (TPSA) is 48.1 Å². The van der Waals surface area contributed by atoms with Crippen LogP contribution in [-0.2, 0) is 0 Å². The van der Waals surface area contributed by atoms with Gasteiger partial charge in [0.25, 0.3) is 0 Å². The molecule has 0 aliphatic carbocycles. The molecule has 1 aromatic carbocycles. The monoisotopic (exact) mass is 278 g/mol. The van der Waals surface area contributed by atoms with E-state index in [4.69, 9.17) is 10.5 Å². The van der Waals surface area contributed by atoms with Crippen molar-refractivity contribution in [2.75, 3.05) is 5.73 Å². The summed E-state index contributed by atoms with van der Waals surface area (Å²) < 4.78 is 6.48. The second-order valence-electron chi connectivity index (χ2n) is 3.41. The van der Waals surface area contributed by atoms with Crippen LogP contribution in [-0.4, -0.2) is 4.98 Å². The van der Waals surface area contributed by atoms with Crippen molar-refractivity contribution in [1.29, 1.82) is 0 Å². The molecular weight excluding hydrogens is 268 g/mol. The Morgan fingerprint density at radius 1 is 1.25 bits per heavy atom. The first kappa shape index (κ1) is 11.0. The second-order valence-corrected chi connectivity index (χ2v) is 4.26. The number of ether oxygens (including phenoxy) is 1. The first-order valence-corrected chi connectivity index (χ1v) is 5.61. The SMILES string of the molecule is Cc1cccc(Oc2cc(N)ccc2Br)n1. The molecule has 0 spiro atoms. The molecule has 0 fully saturated rings. The first-order valence-electron chi connectivity index (χ1n) is 4.82. The van der Waals surface area contributed by atoms with E-state index in [9.17, 15) is 0 Å². The number of nitrogens with zero attached hydrogens (tertiary/aromatic N) is 1. The largest absolute Gasteiger partial charge is 0.438 e. The summed E-state index contributed by atoms with van der Waals surface area (Å²) in [5.41, 5.74) is 7.26. The maximum atomic E-state index is 5.69. The zero-order chi connectivity index (χ0) is 11.5. The molecule has 0 saturated heterocycles. The van der Waals surface area contributed by atoms with E-state index in [2.05, 4.69) is 20.9 Å². The molecule has 1 heterocycles. The van der Waals surface area contributed by atoms with Gasteiger partial charge in [-0.3, -0.25) is 0 Å². The van der Waals surface area contributed by atoms with Crippen molar-refractivity contribution in [3.8, 4) is 11.6 Å². The summed E-state index contributed by atoms with van der Waals surface area (Å²) in [4.78, 5) is 4.26. The molecular formula is C12H11BrN2O. The Balaban J connectivity index is 2.30. The van der Waals surface area contributed by atoms with Crippen molar-refractivity contribution < 1.29 is 4.74 Å². The van der Waals surface area contributed by atoms with Gasteiger partial charge < -0.3 is 10.5 Å². The normalized spacial score (nSPS) is 10.1. The van der Waals surface area contributed by atoms with Crippen LogP contribution in [0, 0.1) is 6.92 Å². The van der Waals surface area contributed by atoms with Crippen molar-refractivity contribution in [3.63, 3.8) is 0 Å². The molecule has 3 nitrogen and oxygen atoms in total. The standard InChI is InChI=1S/C12H11BrN2O/c1-8-3-2-4-12(15-8)16-11-7-9(14)5-6-10(11)13/h2-7H,14H2,1H3. The Bertz CT molecular complexity index is 514. The second kappa shape index (κ2) is 4.53. The van der Waals surface area contributed by atoms with E-state index in [0.29, 0.717) is 17.3 Å².